The fraction of sp³-hybridized carbons (Fsp3) is 0.611. The third-order valence-corrected chi connectivity index (χ3v) is 4.76. The minimum absolute atomic E-state index is 0.113. The molecule has 1 heterocycles. The average molecular weight is 399 g/mol. The predicted molar refractivity (Wildman–Crippen MR) is 98.4 cm³/mol. The van der Waals surface area contributed by atoms with Gasteiger partial charge in [-0.05, 0) is 39.8 Å². The molecule has 1 aromatic rings. The van der Waals surface area contributed by atoms with Crippen molar-refractivity contribution in [2.24, 2.45) is 0 Å². The number of carbonyl (C=O) groups is 1. The van der Waals surface area contributed by atoms with Crippen molar-refractivity contribution in [3.8, 4) is 5.75 Å². The average Bonchev–Trinajstić information content (AvgIpc) is 2.47. The number of methoxy groups -OCH3 is 1. The van der Waals surface area contributed by atoms with Gasteiger partial charge in [0.2, 0.25) is 0 Å². The molecule has 0 N–H and O–H groups in total. The van der Waals surface area contributed by atoms with E-state index in [4.69, 9.17) is 9.47 Å². The highest BCUT2D eigenvalue weighted by atomic mass is 79.9. The number of rotatable bonds is 3. The Labute approximate surface area is 153 Å². The Hall–Kier alpha value is -1.27. The van der Waals surface area contributed by atoms with E-state index < -0.39 is 5.60 Å². The van der Waals surface area contributed by atoms with Gasteiger partial charge in [0, 0.05) is 42.3 Å². The Morgan fingerprint density at radius 2 is 2.04 bits per heavy atom. The molecule has 134 valence electrons. The van der Waals surface area contributed by atoms with E-state index >= 15 is 0 Å². The first kappa shape index (κ1) is 19.1. The summed E-state index contributed by atoms with van der Waals surface area (Å²) in [6, 6.07) is 6.08. The zero-order valence-corrected chi connectivity index (χ0v) is 16.7. The zero-order valence-electron chi connectivity index (χ0n) is 15.1. The van der Waals surface area contributed by atoms with E-state index in [1.54, 1.807) is 7.11 Å². The molecule has 1 saturated heterocycles. The molecular formula is C18H27BrN2O3. The van der Waals surface area contributed by atoms with Crippen LogP contribution in [0.5, 0.6) is 5.75 Å². The molecule has 5 nitrogen and oxygen atoms in total. The van der Waals surface area contributed by atoms with Crippen molar-refractivity contribution in [2.75, 3.05) is 26.7 Å². The van der Waals surface area contributed by atoms with Crippen molar-refractivity contribution in [1.82, 2.24) is 9.80 Å². The number of nitrogens with zero attached hydrogens (tertiary/aromatic N) is 2. The van der Waals surface area contributed by atoms with Crippen molar-refractivity contribution in [3.63, 3.8) is 0 Å². The van der Waals surface area contributed by atoms with Crippen LogP contribution < -0.4 is 4.74 Å². The predicted octanol–water partition coefficient (Wildman–Crippen LogP) is 3.90. The van der Waals surface area contributed by atoms with Gasteiger partial charge in [0.05, 0.1) is 7.11 Å². The molecular weight excluding hydrogens is 372 g/mol. The van der Waals surface area contributed by atoms with E-state index in [1.807, 2.05) is 43.9 Å². The van der Waals surface area contributed by atoms with Crippen LogP contribution in [0.3, 0.4) is 0 Å². The minimum Gasteiger partial charge on any atom is -0.496 e. The summed E-state index contributed by atoms with van der Waals surface area (Å²) in [7, 11) is 1.69. The maximum Gasteiger partial charge on any atom is 0.410 e. The molecule has 1 atom stereocenters. The molecule has 0 aromatic heterocycles. The maximum atomic E-state index is 12.3. The summed E-state index contributed by atoms with van der Waals surface area (Å²) in [5.74, 6) is 0.881. The van der Waals surface area contributed by atoms with Crippen LogP contribution in [-0.2, 0) is 11.3 Å². The normalized spacial score (nSPS) is 19.2. The monoisotopic (exact) mass is 398 g/mol. The fourth-order valence-corrected chi connectivity index (χ4v) is 3.35. The molecule has 0 radical (unpaired) electrons. The lowest BCUT2D eigenvalue weighted by Gasteiger charge is -2.40. The van der Waals surface area contributed by atoms with Gasteiger partial charge in [-0.1, -0.05) is 22.0 Å². The van der Waals surface area contributed by atoms with Crippen LogP contribution >= 0.6 is 15.9 Å². The molecule has 0 aliphatic carbocycles. The molecule has 6 heteroatoms. The van der Waals surface area contributed by atoms with Crippen LogP contribution in [0, 0.1) is 0 Å². The van der Waals surface area contributed by atoms with Gasteiger partial charge in [-0.3, -0.25) is 4.90 Å². The van der Waals surface area contributed by atoms with Crippen LogP contribution in [0.1, 0.15) is 33.3 Å². The summed E-state index contributed by atoms with van der Waals surface area (Å²) in [5.41, 5.74) is 0.675. The second kappa shape index (κ2) is 7.74. The van der Waals surface area contributed by atoms with E-state index in [9.17, 15) is 4.79 Å². The molecule has 1 unspecified atom stereocenters. The number of carbonyl (C=O) groups excluding carboxylic acids is 1. The van der Waals surface area contributed by atoms with E-state index in [2.05, 4.69) is 27.8 Å². The maximum absolute atomic E-state index is 12.3. The van der Waals surface area contributed by atoms with Crippen molar-refractivity contribution in [2.45, 2.75) is 45.9 Å². The van der Waals surface area contributed by atoms with Crippen LogP contribution in [0.2, 0.25) is 0 Å². The number of piperazine rings is 1. The lowest BCUT2D eigenvalue weighted by molar-refractivity contribution is 0.000460. The van der Waals surface area contributed by atoms with Crippen molar-refractivity contribution >= 4 is 22.0 Å². The summed E-state index contributed by atoms with van der Waals surface area (Å²) >= 11 is 3.61. The van der Waals surface area contributed by atoms with Gasteiger partial charge in [0.15, 0.2) is 0 Å². The van der Waals surface area contributed by atoms with E-state index in [0.29, 0.717) is 6.54 Å². The van der Waals surface area contributed by atoms with Gasteiger partial charge < -0.3 is 14.4 Å². The largest absolute Gasteiger partial charge is 0.496 e. The first-order chi connectivity index (χ1) is 11.2. The van der Waals surface area contributed by atoms with Crippen molar-refractivity contribution in [3.05, 3.63) is 28.2 Å². The number of benzene rings is 1. The summed E-state index contributed by atoms with van der Waals surface area (Å²) in [6.07, 6.45) is -0.229. The minimum atomic E-state index is -0.462. The van der Waals surface area contributed by atoms with Gasteiger partial charge in [0.25, 0.3) is 0 Å². The lowest BCUT2D eigenvalue weighted by atomic mass is 10.1. The molecule has 1 aliphatic rings. The molecule has 2 rings (SSSR count). The number of hydrogen-bond donors (Lipinski definition) is 0. The third kappa shape index (κ3) is 4.86. The second-order valence-electron chi connectivity index (χ2n) is 7.18. The molecule has 0 bridgehead atoms. The Morgan fingerprint density at radius 1 is 1.33 bits per heavy atom. The van der Waals surface area contributed by atoms with Gasteiger partial charge in [-0.15, -0.1) is 0 Å². The van der Waals surface area contributed by atoms with Gasteiger partial charge in [-0.2, -0.15) is 0 Å². The number of ether oxygens (including phenoxy) is 2. The standard InChI is InChI=1S/C18H27BrN2O3/c1-13-11-20(9-10-21(13)17(22)24-18(2,3)4)12-14-15(19)7-6-8-16(14)23-5/h6-8,13H,9-12H2,1-5H3. The summed E-state index contributed by atoms with van der Waals surface area (Å²) in [5, 5.41) is 0. The van der Waals surface area contributed by atoms with E-state index in [1.165, 1.54) is 0 Å². The quantitative estimate of drug-likeness (QED) is 0.773. The zero-order chi connectivity index (χ0) is 17.9. The van der Waals surface area contributed by atoms with E-state index in [-0.39, 0.29) is 12.1 Å². The first-order valence-corrected chi connectivity index (χ1v) is 9.04. The Balaban J connectivity index is 2.00. The SMILES string of the molecule is COc1cccc(Br)c1CN1CCN(C(=O)OC(C)(C)C)C(C)C1. The highest BCUT2D eigenvalue weighted by molar-refractivity contribution is 9.10. The highest BCUT2D eigenvalue weighted by Gasteiger charge is 2.31. The van der Waals surface area contributed by atoms with Crippen LogP contribution in [0.15, 0.2) is 22.7 Å². The third-order valence-electron chi connectivity index (χ3n) is 4.02. The smallest absolute Gasteiger partial charge is 0.410 e. The van der Waals surface area contributed by atoms with Gasteiger partial charge in [0.1, 0.15) is 11.4 Å². The molecule has 1 aromatic carbocycles. The Morgan fingerprint density at radius 3 is 2.62 bits per heavy atom. The molecule has 0 spiro atoms. The first-order valence-electron chi connectivity index (χ1n) is 8.24. The van der Waals surface area contributed by atoms with Crippen LogP contribution in [-0.4, -0.2) is 54.3 Å². The van der Waals surface area contributed by atoms with E-state index in [0.717, 1.165) is 35.4 Å². The van der Waals surface area contributed by atoms with Crippen LogP contribution in [0.4, 0.5) is 4.79 Å². The number of amides is 1. The molecule has 1 amide bonds. The molecule has 24 heavy (non-hydrogen) atoms. The van der Waals surface area contributed by atoms with Crippen molar-refractivity contribution < 1.29 is 14.3 Å². The summed E-state index contributed by atoms with van der Waals surface area (Å²) < 4.78 is 12.0. The molecule has 1 aliphatic heterocycles. The fourth-order valence-electron chi connectivity index (χ4n) is 2.88. The second-order valence-corrected chi connectivity index (χ2v) is 8.03. The Bertz CT molecular complexity index is 586. The number of halogens is 1. The topological polar surface area (TPSA) is 42.0 Å². The molecule has 0 saturated carbocycles. The summed E-state index contributed by atoms with van der Waals surface area (Å²) in [6.45, 7) is 10.8. The van der Waals surface area contributed by atoms with Crippen LogP contribution in [0.25, 0.3) is 0 Å². The summed E-state index contributed by atoms with van der Waals surface area (Å²) in [4.78, 5) is 16.5. The Kier molecular flexibility index (Phi) is 6.15. The molecule has 1 fully saturated rings. The van der Waals surface area contributed by atoms with Gasteiger partial charge in [-0.25, -0.2) is 4.79 Å². The highest BCUT2D eigenvalue weighted by Crippen LogP contribution is 2.29. The lowest BCUT2D eigenvalue weighted by Crippen LogP contribution is -2.54. The van der Waals surface area contributed by atoms with Crippen molar-refractivity contribution in [1.29, 1.82) is 0 Å². The number of hydrogen-bond acceptors (Lipinski definition) is 4. The van der Waals surface area contributed by atoms with Gasteiger partial charge >= 0.3 is 6.09 Å².